The van der Waals surface area contributed by atoms with E-state index in [0.717, 1.165) is 6.42 Å². The van der Waals surface area contributed by atoms with Crippen LogP contribution in [0.25, 0.3) is 0 Å². The highest BCUT2D eigenvalue weighted by Crippen LogP contribution is 2.33. The second kappa shape index (κ2) is 4.29. The fraction of sp³-hybridized carbons (Fsp3) is 0.727. The summed E-state index contributed by atoms with van der Waals surface area (Å²) in [5, 5.41) is 17.4. The normalized spacial score (nSPS) is 29.1. The predicted octanol–water partition coefficient (Wildman–Crippen LogP) is 0.142. The van der Waals surface area contributed by atoms with Crippen LogP contribution in [-0.4, -0.2) is 45.8 Å². The second-order valence-corrected chi connectivity index (χ2v) is 7.42. The lowest BCUT2D eigenvalue weighted by Gasteiger charge is -2.23. The first-order valence-electron chi connectivity index (χ1n) is 6.35. The molecule has 0 amide bonds. The molecule has 0 spiro atoms. The molecule has 0 aromatic carbocycles. The number of aliphatic carboxylic acids is 1. The average Bonchev–Trinajstić information content (AvgIpc) is 2.91. The summed E-state index contributed by atoms with van der Waals surface area (Å²) in [6.07, 6.45) is 2.54. The first-order chi connectivity index (χ1) is 8.98. The lowest BCUT2D eigenvalue weighted by molar-refractivity contribution is -0.141. The zero-order valence-corrected chi connectivity index (χ0v) is 11.1. The maximum atomic E-state index is 11.5. The maximum Gasteiger partial charge on any atom is 0.326 e. The number of hydrogen-bond donors (Lipinski definition) is 1. The van der Waals surface area contributed by atoms with E-state index in [1.54, 1.807) is 4.57 Å². The van der Waals surface area contributed by atoms with E-state index in [1.165, 1.54) is 0 Å². The van der Waals surface area contributed by atoms with E-state index in [2.05, 4.69) is 10.2 Å². The Kier molecular flexibility index (Phi) is 2.84. The number of fused-ring (bicyclic) bond motifs is 1. The number of carboxylic acids is 1. The van der Waals surface area contributed by atoms with Crippen molar-refractivity contribution < 1.29 is 18.3 Å². The molecule has 0 saturated carbocycles. The van der Waals surface area contributed by atoms with Gasteiger partial charge in [-0.05, 0) is 19.3 Å². The largest absolute Gasteiger partial charge is 0.480 e. The van der Waals surface area contributed by atoms with E-state index in [1.807, 2.05) is 0 Å². The molecule has 1 aromatic heterocycles. The SMILES string of the molecule is O=C(O)C1CCCc2nnc(C3CCS(=O)(=O)C3)n21. The molecule has 1 aromatic rings. The number of sulfone groups is 1. The monoisotopic (exact) mass is 285 g/mol. The van der Waals surface area contributed by atoms with Gasteiger partial charge in [0.2, 0.25) is 0 Å². The van der Waals surface area contributed by atoms with Crippen molar-refractivity contribution in [1.29, 1.82) is 0 Å². The summed E-state index contributed by atoms with van der Waals surface area (Å²) in [6.45, 7) is 0. The summed E-state index contributed by atoms with van der Waals surface area (Å²) in [5.74, 6) is 0.282. The molecule has 1 fully saturated rings. The Bertz CT molecular complexity index is 622. The molecule has 7 nitrogen and oxygen atoms in total. The molecule has 1 N–H and O–H groups in total. The van der Waals surface area contributed by atoms with Crippen molar-refractivity contribution in [2.24, 2.45) is 0 Å². The maximum absolute atomic E-state index is 11.5. The Morgan fingerprint density at radius 2 is 2.11 bits per heavy atom. The van der Waals surface area contributed by atoms with E-state index in [4.69, 9.17) is 0 Å². The Morgan fingerprint density at radius 1 is 1.32 bits per heavy atom. The van der Waals surface area contributed by atoms with Gasteiger partial charge in [-0.2, -0.15) is 0 Å². The van der Waals surface area contributed by atoms with Gasteiger partial charge in [0.1, 0.15) is 17.7 Å². The number of rotatable bonds is 2. The average molecular weight is 285 g/mol. The number of carbonyl (C=O) groups is 1. The lowest BCUT2D eigenvalue weighted by atomic mass is 10.0. The quantitative estimate of drug-likeness (QED) is 0.829. The summed E-state index contributed by atoms with van der Waals surface area (Å²) in [7, 11) is -3.01. The molecule has 3 heterocycles. The van der Waals surface area contributed by atoms with Gasteiger partial charge in [-0.1, -0.05) is 0 Å². The van der Waals surface area contributed by atoms with Crippen LogP contribution in [0.15, 0.2) is 0 Å². The first kappa shape index (κ1) is 12.6. The summed E-state index contributed by atoms with van der Waals surface area (Å²) in [6, 6.07) is -0.656. The summed E-state index contributed by atoms with van der Waals surface area (Å²) >= 11 is 0. The molecule has 2 unspecified atom stereocenters. The Morgan fingerprint density at radius 3 is 2.74 bits per heavy atom. The Labute approximate surface area is 110 Å². The van der Waals surface area contributed by atoms with E-state index >= 15 is 0 Å². The van der Waals surface area contributed by atoms with Gasteiger partial charge in [-0.3, -0.25) is 0 Å². The molecule has 2 atom stereocenters. The fourth-order valence-electron chi connectivity index (χ4n) is 2.94. The van der Waals surface area contributed by atoms with Gasteiger partial charge in [-0.15, -0.1) is 10.2 Å². The van der Waals surface area contributed by atoms with Crippen LogP contribution in [0.1, 0.15) is 42.9 Å². The molecule has 19 heavy (non-hydrogen) atoms. The van der Waals surface area contributed by atoms with Crippen molar-refractivity contribution >= 4 is 15.8 Å². The van der Waals surface area contributed by atoms with Crippen LogP contribution in [-0.2, 0) is 21.1 Å². The third-order valence-electron chi connectivity index (χ3n) is 3.87. The van der Waals surface area contributed by atoms with Gasteiger partial charge in [0.25, 0.3) is 0 Å². The van der Waals surface area contributed by atoms with Gasteiger partial charge in [-0.25, -0.2) is 13.2 Å². The number of carboxylic acid groups (broad SMARTS) is 1. The van der Waals surface area contributed by atoms with Crippen LogP contribution in [0.3, 0.4) is 0 Å². The summed E-state index contributed by atoms with van der Waals surface area (Å²) in [5.41, 5.74) is 0. The third kappa shape index (κ3) is 2.13. The standard InChI is InChI=1S/C11H15N3O4S/c15-11(16)8-2-1-3-9-12-13-10(14(8)9)7-4-5-19(17,18)6-7/h7-8H,1-6H2,(H,15,16). The van der Waals surface area contributed by atoms with Gasteiger partial charge in [0, 0.05) is 12.3 Å². The molecule has 0 bridgehead atoms. The molecule has 0 aliphatic carbocycles. The van der Waals surface area contributed by atoms with Crippen molar-refractivity contribution in [2.45, 2.75) is 37.6 Å². The van der Waals surface area contributed by atoms with E-state index in [0.29, 0.717) is 30.9 Å². The first-order valence-corrected chi connectivity index (χ1v) is 8.17. The second-order valence-electron chi connectivity index (χ2n) is 5.19. The number of aryl methyl sites for hydroxylation is 1. The van der Waals surface area contributed by atoms with Crippen LogP contribution in [0, 0.1) is 0 Å². The van der Waals surface area contributed by atoms with Crippen molar-refractivity contribution in [3.05, 3.63) is 11.6 Å². The van der Waals surface area contributed by atoms with Gasteiger partial charge in [0.05, 0.1) is 11.5 Å². The van der Waals surface area contributed by atoms with Gasteiger partial charge >= 0.3 is 5.97 Å². The Hall–Kier alpha value is -1.44. The van der Waals surface area contributed by atoms with Crippen LogP contribution < -0.4 is 0 Å². The van der Waals surface area contributed by atoms with Crippen LogP contribution >= 0.6 is 0 Å². The van der Waals surface area contributed by atoms with Crippen molar-refractivity contribution in [3.63, 3.8) is 0 Å². The van der Waals surface area contributed by atoms with E-state index in [9.17, 15) is 18.3 Å². The zero-order valence-electron chi connectivity index (χ0n) is 10.3. The van der Waals surface area contributed by atoms with Crippen LogP contribution in [0.2, 0.25) is 0 Å². The predicted molar refractivity (Wildman–Crippen MR) is 65.6 cm³/mol. The topological polar surface area (TPSA) is 102 Å². The minimum absolute atomic E-state index is 0.0530. The molecule has 8 heteroatoms. The minimum Gasteiger partial charge on any atom is -0.480 e. The lowest BCUT2D eigenvalue weighted by Crippen LogP contribution is -2.27. The molecular weight excluding hydrogens is 270 g/mol. The molecular formula is C11H15N3O4S. The van der Waals surface area contributed by atoms with Crippen LogP contribution in [0.5, 0.6) is 0 Å². The molecule has 0 radical (unpaired) electrons. The van der Waals surface area contributed by atoms with E-state index < -0.39 is 21.8 Å². The van der Waals surface area contributed by atoms with Crippen LogP contribution in [0.4, 0.5) is 0 Å². The minimum atomic E-state index is -3.01. The smallest absolute Gasteiger partial charge is 0.326 e. The fourth-order valence-corrected chi connectivity index (χ4v) is 4.68. The third-order valence-corrected chi connectivity index (χ3v) is 5.63. The molecule has 3 rings (SSSR count). The molecule has 2 aliphatic heterocycles. The highest BCUT2D eigenvalue weighted by molar-refractivity contribution is 7.91. The summed E-state index contributed by atoms with van der Waals surface area (Å²) in [4.78, 5) is 11.3. The highest BCUT2D eigenvalue weighted by Gasteiger charge is 2.37. The molecule has 1 saturated heterocycles. The number of aromatic nitrogens is 3. The van der Waals surface area contributed by atoms with Crippen molar-refractivity contribution in [3.8, 4) is 0 Å². The van der Waals surface area contributed by atoms with Gasteiger partial charge in [0.15, 0.2) is 9.84 Å². The molecule has 2 aliphatic rings. The van der Waals surface area contributed by atoms with Gasteiger partial charge < -0.3 is 9.67 Å². The summed E-state index contributed by atoms with van der Waals surface area (Å²) < 4.78 is 24.7. The van der Waals surface area contributed by atoms with Crippen molar-refractivity contribution in [1.82, 2.24) is 14.8 Å². The Balaban J connectivity index is 2.00. The highest BCUT2D eigenvalue weighted by atomic mass is 32.2. The zero-order chi connectivity index (χ0) is 13.6. The number of hydrogen-bond acceptors (Lipinski definition) is 5. The molecule has 104 valence electrons. The van der Waals surface area contributed by atoms with E-state index in [-0.39, 0.29) is 17.4 Å². The van der Waals surface area contributed by atoms with Crippen molar-refractivity contribution in [2.75, 3.05) is 11.5 Å². The number of nitrogens with zero attached hydrogens (tertiary/aromatic N) is 3.